The van der Waals surface area contributed by atoms with Crippen molar-refractivity contribution < 1.29 is 53.0 Å². The lowest BCUT2D eigenvalue weighted by atomic mass is 9.81. The van der Waals surface area contributed by atoms with E-state index in [0.29, 0.717) is 0 Å². The van der Waals surface area contributed by atoms with Gasteiger partial charge in [0, 0.05) is 63.7 Å². The Morgan fingerprint density at radius 2 is 1.45 bits per heavy atom. The molecule has 2 heterocycles. The molecule has 238 valence electrons. The molecule has 2 aromatic carbocycles. The van der Waals surface area contributed by atoms with Crippen molar-refractivity contribution in [3.05, 3.63) is 79.9 Å². The van der Waals surface area contributed by atoms with Crippen molar-refractivity contribution in [2.45, 2.75) is 69.1 Å². The number of carbonyl (C=O) groups excluding carboxylic acids is 2. The quantitative estimate of drug-likeness (QED) is 0.158. The first-order chi connectivity index (χ1) is 21.0. The van der Waals surface area contributed by atoms with E-state index >= 15 is 0 Å². The molecule has 2 aliphatic heterocycles. The van der Waals surface area contributed by atoms with Crippen LogP contribution in [0.4, 0.5) is 11.4 Å². The summed E-state index contributed by atoms with van der Waals surface area (Å²) in [5, 5.41) is 32.9. The Morgan fingerprint density at radius 1 is 0.909 bits per heavy atom. The average molecular weight is 619 g/mol. The number of hydrogen-bond donors (Lipinski definition) is 1. The van der Waals surface area contributed by atoms with Crippen LogP contribution in [0.1, 0.15) is 46.9 Å². The summed E-state index contributed by atoms with van der Waals surface area (Å²) in [6, 6.07) is 9.92. The van der Waals surface area contributed by atoms with E-state index in [4.69, 9.17) is 28.4 Å². The van der Waals surface area contributed by atoms with E-state index in [1.165, 1.54) is 62.8 Å². The number of nitro benzene ring substituents is 2. The van der Waals surface area contributed by atoms with Gasteiger partial charge in [0.05, 0.1) is 58.1 Å². The highest BCUT2D eigenvalue weighted by atomic mass is 16.7. The van der Waals surface area contributed by atoms with Crippen molar-refractivity contribution in [3.63, 3.8) is 0 Å². The van der Waals surface area contributed by atoms with Crippen LogP contribution in [0.25, 0.3) is 0 Å². The maximum atomic E-state index is 13.1. The number of hydrogen-bond acceptors (Lipinski definition) is 13. The van der Waals surface area contributed by atoms with Crippen LogP contribution in [0, 0.1) is 26.1 Å². The maximum Gasteiger partial charge on any atom is 0.338 e. The number of esters is 2. The molecule has 0 spiro atoms. The van der Waals surface area contributed by atoms with Crippen LogP contribution >= 0.6 is 0 Å². The standard InChI is InChI=1S/C29H34N2O13/c1-16-26(32)23(15-25(39-2)40-3)42-24-14-22(44-29(34)18-6-10-20(11-7-18)31(37)38)21(43-27(16)24)12-13-41-28(33)17-4-8-19(9-5-17)30(35)36/h4-11,16,21-27,32H,12-15H2,1-3H3/t16-,21-,22-,23+,24+,26-,27+/m1/s1. The van der Waals surface area contributed by atoms with Crippen molar-refractivity contribution in [1.29, 1.82) is 0 Å². The minimum atomic E-state index is -0.913. The molecule has 4 rings (SSSR count). The van der Waals surface area contributed by atoms with E-state index in [2.05, 4.69) is 0 Å². The minimum Gasteiger partial charge on any atom is -0.462 e. The van der Waals surface area contributed by atoms with Crippen molar-refractivity contribution in [2.75, 3.05) is 20.8 Å². The molecule has 2 aliphatic rings. The zero-order valence-electron chi connectivity index (χ0n) is 24.3. The number of non-ortho nitro benzene ring substituents is 2. The first-order valence-corrected chi connectivity index (χ1v) is 13.9. The van der Waals surface area contributed by atoms with Crippen molar-refractivity contribution in [2.24, 2.45) is 5.92 Å². The maximum absolute atomic E-state index is 13.1. The van der Waals surface area contributed by atoms with Crippen LogP contribution < -0.4 is 0 Å². The molecule has 2 aromatic rings. The summed E-state index contributed by atoms with van der Waals surface area (Å²) in [6.07, 6.45) is -4.38. The smallest absolute Gasteiger partial charge is 0.338 e. The Hall–Kier alpha value is -4.02. The van der Waals surface area contributed by atoms with Crippen molar-refractivity contribution >= 4 is 23.3 Å². The van der Waals surface area contributed by atoms with Crippen LogP contribution in [-0.4, -0.2) is 90.6 Å². The number of aliphatic hydroxyl groups excluding tert-OH is 1. The summed E-state index contributed by atoms with van der Waals surface area (Å²) in [7, 11) is 2.96. The minimum absolute atomic E-state index is 0.0929. The Morgan fingerprint density at radius 3 is 1.98 bits per heavy atom. The summed E-state index contributed by atoms with van der Waals surface area (Å²) < 4.78 is 34.3. The lowest BCUT2D eigenvalue weighted by Crippen LogP contribution is -2.61. The fraction of sp³-hybridized carbons (Fsp3) is 0.517. The number of nitro groups is 2. The van der Waals surface area contributed by atoms with Crippen LogP contribution in [-0.2, 0) is 28.4 Å². The number of methoxy groups -OCH3 is 2. The first kappa shape index (κ1) is 32.9. The van der Waals surface area contributed by atoms with Gasteiger partial charge in [-0.05, 0) is 24.3 Å². The van der Waals surface area contributed by atoms with Gasteiger partial charge >= 0.3 is 11.9 Å². The summed E-state index contributed by atoms with van der Waals surface area (Å²) in [4.78, 5) is 46.3. The number of carbonyl (C=O) groups is 2. The molecule has 2 saturated heterocycles. The van der Waals surface area contributed by atoms with Gasteiger partial charge in [0.15, 0.2) is 6.29 Å². The van der Waals surface area contributed by atoms with E-state index in [1.54, 1.807) is 0 Å². The molecule has 15 heteroatoms. The molecule has 0 aliphatic carbocycles. The zero-order chi connectivity index (χ0) is 32.0. The van der Waals surface area contributed by atoms with Gasteiger partial charge in [-0.2, -0.15) is 0 Å². The second kappa shape index (κ2) is 14.6. The van der Waals surface area contributed by atoms with Crippen LogP contribution in [0.2, 0.25) is 0 Å². The van der Waals surface area contributed by atoms with Crippen LogP contribution in [0.3, 0.4) is 0 Å². The molecule has 7 atom stereocenters. The predicted octanol–water partition coefficient (Wildman–Crippen LogP) is 3.21. The molecule has 0 saturated carbocycles. The van der Waals surface area contributed by atoms with Gasteiger partial charge in [-0.15, -0.1) is 0 Å². The van der Waals surface area contributed by atoms with Crippen LogP contribution in [0.15, 0.2) is 48.5 Å². The molecular weight excluding hydrogens is 584 g/mol. The highest BCUT2D eigenvalue weighted by Crippen LogP contribution is 2.38. The third-order valence-electron chi connectivity index (χ3n) is 7.84. The van der Waals surface area contributed by atoms with Crippen molar-refractivity contribution in [1.82, 2.24) is 0 Å². The number of fused-ring (bicyclic) bond motifs is 1. The summed E-state index contributed by atoms with van der Waals surface area (Å²) in [5.74, 6) is -1.82. The number of ether oxygens (including phenoxy) is 6. The largest absolute Gasteiger partial charge is 0.462 e. The third kappa shape index (κ3) is 7.73. The molecule has 0 radical (unpaired) electrons. The third-order valence-corrected chi connectivity index (χ3v) is 7.84. The molecule has 0 aromatic heterocycles. The Balaban J connectivity index is 1.47. The molecule has 15 nitrogen and oxygen atoms in total. The van der Waals surface area contributed by atoms with E-state index in [1.807, 2.05) is 6.92 Å². The lowest BCUT2D eigenvalue weighted by Gasteiger charge is -2.50. The Bertz CT molecular complexity index is 1320. The van der Waals surface area contributed by atoms with E-state index < -0.39 is 64.7 Å². The number of rotatable bonds is 12. The SMILES string of the molecule is COC(C[C@@H]1O[C@H]2C[C@@H](OC(=O)c3ccc([N+](=O)[O-])cc3)[C@@H](CCOC(=O)c3ccc([N+](=O)[O-])cc3)O[C@H]2[C@H](C)[C@H]1O)OC. The normalized spacial score (nSPS) is 26.4. The molecule has 2 fully saturated rings. The molecular formula is C29H34N2O13. The highest BCUT2D eigenvalue weighted by molar-refractivity contribution is 5.90. The summed E-state index contributed by atoms with van der Waals surface area (Å²) in [6.45, 7) is 1.69. The average Bonchev–Trinajstić information content (AvgIpc) is 3.02. The zero-order valence-corrected chi connectivity index (χ0v) is 24.3. The van der Waals surface area contributed by atoms with Gasteiger partial charge in [-0.3, -0.25) is 20.2 Å². The lowest BCUT2D eigenvalue weighted by molar-refractivity contribution is -0.385. The fourth-order valence-electron chi connectivity index (χ4n) is 5.37. The molecule has 44 heavy (non-hydrogen) atoms. The predicted molar refractivity (Wildman–Crippen MR) is 150 cm³/mol. The number of nitrogens with zero attached hydrogens (tertiary/aromatic N) is 2. The van der Waals surface area contributed by atoms with Gasteiger partial charge < -0.3 is 33.5 Å². The first-order valence-electron chi connectivity index (χ1n) is 13.9. The molecule has 1 N–H and O–H groups in total. The van der Waals surface area contributed by atoms with Gasteiger partial charge in [0.25, 0.3) is 11.4 Å². The van der Waals surface area contributed by atoms with E-state index in [-0.39, 0.29) is 54.3 Å². The van der Waals surface area contributed by atoms with Crippen LogP contribution in [0.5, 0.6) is 0 Å². The molecule has 0 unspecified atom stereocenters. The Kier molecular flexibility index (Phi) is 10.9. The Labute approximate surface area is 252 Å². The fourth-order valence-corrected chi connectivity index (χ4v) is 5.37. The number of benzene rings is 2. The molecule has 0 bridgehead atoms. The number of aliphatic hydroxyl groups is 1. The summed E-state index contributed by atoms with van der Waals surface area (Å²) >= 11 is 0. The van der Waals surface area contributed by atoms with Crippen molar-refractivity contribution in [3.8, 4) is 0 Å². The van der Waals surface area contributed by atoms with E-state index in [0.717, 1.165) is 0 Å². The van der Waals surface area contributed by atoms with Gasteiger partial charge in [-0.1, -0.05) is 6.92 Å². The van der Waals surface area contributed by atoms with Gasteiger partial charge in [0.2, 0.25) is 0 Å². The van der Waals surface area contributed by atoms with Gasteiger partial charge in [0.1, 0.15) is 6.10 Å². The highest BCUT2D eigenvalue weighted by Gasteiger charge is 2.50. The second-order valence-corrected chi connectivity index (χ2v) is 10.6. The summed E-state index contributed by atoms with van der Waals surface area (Å²) in [5.41, 5.74) is -0.138. The molecule has 0 amide bonds. The topological polar surface area (TPSA) is 196 Å². The van der Waals surface area contributed by atoms with Gasteiger partial charge in [-0.25, -0.2) is 9.59 Å². The second-order valence-electron chi connectivity index (χ2n) is 10.6. The monoisotopic (exact) mass is 618 g/mol. The van der Waals surface area contributed by atoms with E-state index in [9.17, 15) is 34.9 Å².